The lowest BCUT2D eigenvalue weighted by Crippen LogP contribution is -2.19. The number of amides is 1. The maximum Gasteiger partial charge on any atom is 0.244 e. The van der Waals surface area contributed by atoms with Crippen molar-refractivity contribution in [2.75, 3.05) is 5.73 Å². The molecule has 92 valence electrons. The van der Waals surface area contributed by atoms with Crippen LogP contribution in [0.3, 0.4) is 0 Å². The third-order valence-corrected chi connectivity index (χ3v) is 3.08. The molecule has 2 rings (SSSR count). The topological polar surface area (TPSA) is 67.5 Å². The first-order chi connectivity index (χ1) is 8.74. The number of hydrogen-bond acceptors (Lipinski definition) is 4. The molecule has 0 spiro atoms. The molecule has 5 heteroatoms. The van der Waals surface area contributed by atoms with Crippen molar-refractivity contribution in [3.05, 3.63) is 52.2 Å². The van der Waals surface area contributed by atoms with Gasteiger partial charge in [0, 0.05) is 10.6 Å². The number of nitrogen functional groups attached to an aromatic ring is 1. The summed E-state index contributed by atoms with van der Waals surface area (Å²) in [5.41, 5.74) is 9.66. The van der Waals surface area contributed by atoms with Crippen LogP contribution in [0.1, 0.15) is 10.4 Å². The van der Waals surface area contributed by atoms with Crippen LogP contribution in [0.25, 0.3) is 0 Å². The summed E-state index contributed by atoms with van der Waals surface area (Å²) < 4.78 is 0. The first-order valence-corrected chi connectivity index (χ1v) is 6.32. The SMILES string of the molecule is Nc1ccc(CC(=O)N/N=C\c2cccs2)cc1. The summed E-state index contributed by atoms with van der Waals surface area (Å²) in [6.07, 6.45) is 1.92. The molecule has 0 bridgehead atoms. The predicted octanol–water partition coefficient (Wildman–Crippen LogP) is 2.02. The monoisotopic (exact) mass is 259 g/mol. The Kier molecular flexibility index (Phi) is 4.09. The Morgan fingerprint density at radius 1 is 1.33 bits per heavy atom. The molecule has 0 radical (unpaired) electrons. The van der Waals surface area contributed by atoms with Crippen LogP contribution in [0, 0.1) is 0 Å². The third-order valence-electron chi connectivity index (χ3n) is 2.27. The second kappa shape index (κ2) is 5.97. The van der Waals surface area contributed by atoms with E-state index in [0.717, 1.165) is 10.4 Å². The van der Waals surface area contributed by atoms with Gasteiger partial charge < -0.3 is 5.73 Å². The highest BCUT2D eigenvalue weighted by Crippen LogP contribution is 2.06. The van der Waals surface area contributed by atoms with Crippen molar-refractivity contribution in [2.45, 2.75) is 6.42 Å². The largest absolute Gasteiger partial charge is 0.399 e. The average molecular weight is 259 g/mol. The van der Waals surface area contributed by atoms with E-state index < -0.39 is 0 Å². The number of nitrogens with one attached hydrogen (secondary N) is 1. The summed E-state index contributed by atoms with van der Waals surface area (Å²) in [6.45, 7) is 0. The van der Waals surface area contributed by atoms with Crippen LogP contribution >= 0.6 is 11.3 Å². The van der Waals surface area contributed by atoms with Gasteiger partial charge in [0.05, 0.1) is 12.6 Å². The van der Waals surface area contributed by atoms with E-state index in [0.29, 0.717) is 12.1 Å². The summed E-state index contributed by atoms with van der Waals surface area (Å²) in [4.78, 5) is 12.6. The van der Waals surface area contributed by atoms with E-state index in [9.17, 15) is 4.79 Å². The van der Waals surface area contributed by atoms with E-state index >= 15 is 0 Å². The number of carbonyl (C=O) groups excluding carboxylic acids is 1. The van der Waals surface area contributed by atoms with E-state index in [2.05, 4.69) is 10.5 Å². The molecule has 0 aliphatic heterocycles. The zero-order valence-corrected chi connectivity index (χ0v) is 10.5. The molecular weight excluding hydrogens is 246 g/mol. The number of rotatable bonds is 4. The Bertz CT molecular complexity index is 532. The summed E-state index contributed by atoms with van der Waals surface area (Å²) in [6, 6.07) is 11.1. The number of benzene rings is 1. The van der Waals surface area contributed by atoms with E-state index in [1.165, 1.54) is 0 Å². The molecule has 0 saturated heterocycles. The van der Waals surface area contributed by atoms with Crippen molar-refractivity contribution in [2.24, 2.45) is 5.10 Å². The van der Waals surface area contributed by atoms with E-state index in [4.69, 9.17) is 5.73 Å². The number of nitrogens with zero attached hydrogens (tertiary/aromatic N) is 1. The number of anilines is 1. The van der Waals surface area contributed by atoms with Crippen molar-refractivity contribution >= 4 is 29.1 Å². The second-order valence-corrected chi connectivity index (χ2v) is 4.71. The lowest BCUT2D eigenvalue weighted by Gasteiger charge is -2.00. The van der Waals surface area contributed by atoms with Crippen LogP contribution in [0.5, 0.6) is 0 Å². The summed E-state index contributed by atoms with van der Waals surface area (Å²) >= 11 is 1.57. The Morgan fingerprint density at radius 3 is 2.78 bits per heavy atom. The van der Waals surface area contributed by atoms with Gasteiger partial charge in [-0.3, -0.25) is 4.79 Å². The molecule has 3 N–H and O–H groups in total. The highest BCUT2D eigenvalue weighted by Gasteiger charge is 2.01. The molecule has 1 aromatic carbocycles. The van der Waals surface area contributed by atoms with Crippen molar-refractivity contribution in [3.8, 4) is 0 Å². The van der Waals surface area contributed by atoms with Gasteiger partial charge in [0.1, 0.15) is 0 Å². The Morgan fingerprint density at radius 2 is 2.11 bits per heavy atom. The van der Waals surface area contributed by atoms with Crippen LogP contribution in [-0.2, 0) is 11.2 Å². The fraction of sp³-hybridized carbons (Fsp3) is 0.0769. The number of hydrogen-bond donors (Lipinski definition) is 2. The molecule has 4 nitrogen and oxygen atoms in total. The van der Waals surface area contributed by atoms with Crippen molar-refractivity contribution in [1.29, 1.82) is 0 Å². The maximum absolute atomic E-state index is 11.6. The van der Waals surface area contributed by atoms with Crippen molar-refractivity contribution in [3.63, 3.8) is 0 Å². The van der Waals surface area contributed by atoms with Gasteiger partial charge in [-0.15, -0.1) is 11.3 Å². The van der Waals surface area contributed by atoms with Crippen LogP contribution in [0.2, 0.25) is 0 Å². The minimum Gasteiger partial charge on any atom is -0.399 e. The zero-order chi connectivity index (χ0) is 12.8. The molecule has 0 atom stereocenters. The average Bonchev–Trinajstić information content (AvgIpc) is 2.85. The molecule has 0 fully saturated rings. The molecule has 1 amide bonds. The molecule has 0 saturated carbocycles. The van der Waals surface area contributed by atoms with Crippen molar-refractivity contribution < 1.29 is 4.79 Å². The summed E-state index contributed by atoms with van der Waals surface area (Å²) in [7, 11) is 0. The van der Waals surface area contributed by atoms with E-state index in [1.807, 2.05) is 29.6 Å². The molecule has 2 aromatic rings. The van der Waals surface area contributed by atoms with Gasteiger partial charge in [-0.25, -0.2) is 5.43 Å². The minimum atomic E-state index is -0.146. The van der Waals surface area contributed by atoms with E-state index in [1.54, 1.807) is 29.7 Å². The number of thiophene rings is 1. The first kappa shape index (κ1) is 12.3. The summed E-state index contributed by atoms with van der Waals surface area (Å²) in [5, 5.41) is 5.84. The molecule has 0 aliphatic carbocycles. The van der Waals surface area contributed by atoms with Crippen LogP contribution in [0.15, 0.2) is 46.9 Å². The number of carbonyl (C=O) groups is 1. The van der Waals surface area contributed by atoms with Gasteiger partial charge in [-0.2, -0.15) is 5.10 Å². The lowest BCUT2D eigenvalue weighted by molar-refractivity contribution is -0.120. The molecule has 1 heterocycles. The van der Waals surface area contributed by atoms with Gasteiger partial charge >= 0.3 is 0 Å². The van der Waals surface area contributed by atoms with Crippen molar-refractivity contribution in [1.82, 2.24) is 5.43 Å². The minimum absolute atomic E-state index is 0.146. The molecular formula is C13H13N3OS. The Labute approximate surface area is 109 Å². The predicted molar refractivity (Wildman–Crippen MR) is 74.6 cm³/mol. The van der Waals surface area contributed by atoms with E-state index in [-0.39, 0.29) is 5.91 Å². The summed E-state index contributed by atoms with van der Waals surface area (Å²) in [5.74, 6) is -0.146. The molecule has 0 unspecified atom stereocenters. The lowest BCUT2D eigenvalue weighted by atomic mass is 10.1. The van der Waals surface area contributed by atoms with Gasteiger partial charge in [0.25, 0.3) is 0 Å². The highest BCUT2D eigenvalue weighted by atomic mass is 32.1. The van der Waals surface area contributed by atoms with Crippen LogP contribution in [-0.4, -0.2) is 12.1 Å². The maximum atomic E-state index is 11.6. The molecule has 1 aromatic heterocycles. The number of hydrazone groups is 1. The third kappa shape index (κ3) is 3.71. The zero-order valence-electron chi connectivity index (χ0n) is 9.67. The smallest absolute Gasteiger partial charge is 0.244 e. The second-order valence-electron chi connectivity index (χ2n) is 3.73. The standard InChI is InChI=1S/C13H13N3OS/c14-11-5-3-10(4-6-11)8-13(17)16-15-9-12-2-1-7-18-12/h1-7,9H,8,14H2,(H,16,17)/b15-9-. The Balaban J connectivity index is 1.84. The van der Waals surface area contributed by atoms with Crippen LogP contribution in [0.4, 0.5) is 5.69 Å². The van der Waals surface area contributed by atoms with Gasteiger partial charge in [0.15, 0.2) is 0 Å². The van der Waals surface area contributed by atoms with Gasteiger partial charge in [0.2, 0.25) is 5.91 Å². The first-order valence-electron chi connectivity index (χ1n) is 5.44. The number of nitrogens with two attached hydrogens (primary N) is 1. The Hall–Kier alpha value is -2.14. The molecule has 0 aliphatic rings. The normalized spacial score (nSPS) is 10.7. The van der Waals surface area contributed by atoms with Gasteiger partial charge in [-0.1, -0.05) is 18.2 Å². The fourth-order valence-corrected chi connectivity index (χ4v) is 1.98. The van der Waals surface area contributed by atoms with Gasteiger partial charge in [-0.05, 0) is 29.1 Å². The highest BCUT2D eigenvalue weighted by molar-refractivity contribution is 7.11. The quantitative estimate of drug-likeness (QED) is 0.501. The molecule has 18 heavy (non-hydrogen) atoms. The van der Waals surface area contributed by atoms with Crippen LogP contribution < -0.4 is 11.2 Å². The fourth-order valence-electron chi connectivity index (χ4n) is 1.39.